The largest absolute Gasteiger partial charge is 0.393 e. The van der Waals surface area contributed by atoms with Crippen molar-refractivity contribution in [3.05, 3.63) is 0 Å². The van der Waals surface area contributed by atoms with E-state index in [1.807, 2.05) is 0 Å². The van der Waals surface area contributed by atoms with Gasteiger partial charge in [0.2, 0.25) is 0 Å². The molecule has 4 rings (SSSR count). The van der Waals surface area contributed by atoms with Gasteiger partial charge in [0.05, 0.1) is 6.10 Å². The van der Waals surface area contributed by atoms with Crippen LogP contribution in [0.2, 0.25) is 0 Å². The van der Waals surface area contributed by atoms with E-state index in [0.717, 1.165) is 37.3 Å². The summed E-state index contributed by atoms with van der Waals surface area (Å²) in [5, 5.41) is 9.94. The smallest absolute Gasteiger partial charge is 0.0567 e. The maximum Gasteiger partial charge on any atom is 0.0567 e. The van der Waals surface area contributed by atoms with E-state index in [2.05, 4.69) is 9.80 Å². The molecule has 0 amide bonds. The lowest BCUT2D eigenvalue weighted by Crippen LogP contribution is -2.64. The lowest BCUT2D eigenvalue weighted by Gasteiger charge is -2.57. The van der Waals surface area contributed by atoms with Crippen molar-refractivity contribution in [3.63, 3.8) is 0 Å². The van der Waals surface area contributed by atoms with Crippen molar-refractivity contribution in [2.75, 3.05) is 26.2 Å². The summed E-state index contributed by atoms with van der Waals surface area (Å²) < 4.78 is 0. The Hall–Kier alpha value is -0.120. The van der Waals surface area contributed by atoms with Crippen molar-refractivity contribution >= 4 is 0 Å². The molecule has 4 aliphatic heterocycles. The Morgan fingerprint density at radius 2 is 1.56 bits per heavy atom. The highest BCUT2D eigenvalue weighted by Crippen LogP contribution is 2.42. The van der Waals surface area contributed by atoms with E-state index >= 15 is 0 Å². The van der Waals surface area contributed by atoms with E-state index in [-0.39, 0.29) is 6.10 Å². The van der Waals surface area contributed by atoms with Crippen LogP contribution in [-0.2, 0) is 0 Å². The molecule has 18 heavy (non-hydrogen) atoms. The van der Waals surface area contributed by atoms with Crippen molar-refractivity contribution in [2.45, 2.75) is 56.7 Å². The standard InChI is InChI=1S/C15H26N2O/c18-13-4-6-17-9-11-7-12(15(17)8-13)10-16-5-2-1-3-14(11)16/h11-15,18H,1-10H2/t11?,12?,13-,14+,15-/m0/s1. The second-order valence-electron chi connectivity index (χ2n) is 7.05. The highest BCUT2D eigenvalue weighted by Gasteiger charge is 2.47. The molecule has 0 aromatic carbocycles. The quantitative estimate of drug-likeness (QED) is 0.702. The van der Waals surface area contributed by atoms with Crippen LogP contribution >= 0.6 is 0 Å². The molecule has 0 aromatic rings. The van der Waals surface area contributed by atoms with Crippen LogP contribution in [0.4, 0.5) is 0 Å². The number of hydrogen-bond acceptors (Lipinski definition) is 3. The molecule has 0 spiro atoms. The van der Waals surface area contributed by atoms with Gasteiger partial charge in [0.15, 0.2) is 0 Å². The molecule has 3 heteroatoms. The van der Waals surface area contributed by atoms with Gasteiger partial charge < -0.3 is 5.11 Å². The third-order valence-electron chi connectivity index (χ3n) is 6.03. The zero-order chi connectivity index (χ0) is 12.1. The van der Waals surface area contributed by atoms with Gasteiger partial charge in [-0.1, -0.05) is 6.42 Å². The Morgan fingerprint density at radius 3 is 2.44 bits per heavy atom. The normalized spacial score (nSPS) is 49.5. The number of fused-ring (bicyclic) bond motifs is 6. The van der Waals surface area contributed by atoms with E-state index in [1.54, 1.807) is 0 Å². The SMILES string of the molecule is O[C@H]1CCN2CC3CC(CN4CCCC[C@H]34)[C@@H]2C1. The molecule has 0 aromatic heterocycles. The summed E-state index contributed by atoms with van der Waals surface area (Å²) in [6.45, 7) is 5.11. The Bertz CT molecular complexity index is 322. The van der Waals surface area contributed by atoms with Crippen LogP contribution in [-0.4, -0.2) is 59.3 Å². The van der Waals surface area contributed by atoms with Crippen molar-refractivity contribution in [1.29, 1.82) is 0 Å². The van der Waals surface area contributed by atoms with Gasteiger partial charge in [0.25, 0.3) is 0 Å². The first-order valence-corrected chi connectivity index (χ1v) is 7.97. The van der Waals surface area contributed by atoms with Crippen LogP contribution in [0.3, 0.4) is 0 Å². The Kier molecular flexibility index (Phi) is 2.90. The minimum Gasteiger partial charge on any atom is -0.393 e. The fourth-order valence-corrected chi connectivity index (χ4v) is 5.22. The van der Waals surface area contributed by atoms with Crippen LogP contribution < -0.4 is 0 Å². The third kappa shape index (κ3) is 1.83. The number of aliphatic hydroxyl groups excluding tert-OH is 1. The monoisotopic (exact) mass is 250 g/mol. The molecule has 0 aliphatic carbocycles. The lowest BCUT2D eigenvalue weighted by atomic mass is 9.70. The maximum absolute atomic E-state index is 9.94. The van der Waals surface area contributed by atoms with Crippen molar-refractivity contribution in [1.82, 2.24) is 9.80 Å². The van der Waals surface area contributed by atoms with E-state index in [0.29, 0.717) is 6.04 Å². The number of piperidine rings is 4. The predicted molar refractivity (Wildman–Crippen MR) is 71.4 cm³/mol. The molecule has 0 radical (unpaired) electrons. The number of nitrogens with zero attached hydrogens (tertiary/aromatic N) is 2. The first-order valence-electron chi connectivity index (χ1n) is 7.97. The van der Waals surface area contributed by atoms with Crippen LogP contribution in [0.1, 0.15) is 38.5 Å². The maximum atomic E-state index is 9.94. The second-order valence-corrected chi connectivity index (χ2v) is 7.05. The highest BCUT2D eigenvalue weighted by atomic mass is 16.3. The summed E-state index contributed by atoms with van der Waals surface area (Å²) in [4.78, 5) is 5.51. The number of aliphatic hydroxyl groups is 1. The predicted octanol–water partition coefficient (Wildman–Crippen LogP) is 1.32. The van der Waals surface area contributed by atoms with Gasteiger partial charge in [-0.25, -0.2) is 0 Å². The van der Waals surface area contributed by atoms with Crippen LogP contribution in [0.25, 0.3) is 0 Å². The van der Waals surface area contributed by atoms with Crippen molar-refractivity contribution < 1.29 is 5.11 Å². The molecule has 102 valence electrons. The Morgan fingerprint density at radius 1 is 0.778 bits per heavy atom. The van der Waals surface area contributed by atoms with Gasteiger partial charge in [0, 0.05) is 31.7 Å². The fourth-order valence-electron chi connectivity index (χ4n) is 5.22. The topological polar surface area (TPSA) is 26.7 Å². The van der Waals surface area contributed by atoms with Gasteiger partial charge in [-0.3, -0.25) is 9.80 Å². The summed E-state index contributed by atoms with van der Waals surface area (Å²) >= 11 is 0. The van der Waals surface area contributed by atoms with Gasteiger partial charge in [-0.2, -0.15) is 0 Å². The molecule has 4 aliphatic rings. The summed E-state index contributed by atoms with van der Waals surface area (Å²) in [5.74, 6) is 1.77. The lowest BCUT2D eigenvalue weighted by molar-refractivity contribution is -0.0900. The molecule has 5 atom stereocenters. The average molecular weight is 250 g/mol. The second kappa shape index (κ2) is 4.46. The number of hydrogen-bond donors (Lipinski definition) is 1. The number of rotatable bonds is 0. The van der Waals surface area contributed by atoms with Gasteiger partial charge >= 0.3 is 0 Å². The minimum absolute atomic E-state index is 0.0260. The molecular formula is C15H26N2O. The first kappa shape index (κ1) is 11.7. The zero-order valence-corrected chi connectivity index (χ0v) is 11.3. The van der Waals surface area contributed by atoms with E-state index in [9.17, 15) is 5.11 Å². The average Bonchev–Trinajstić information content (AvgIpc) is 2.40. The van der Waals surface area contributed by atoms with Crippen LogP contribution in [0.15, 0.2) is 0 Å². The van der Waals surface area contributed by atoms with Gasteiger partial charge in [0.1, 0.15) is 0 Å². The summed E-state index contributed by atoms with van der Waals surface area (Å²) in [6, 6.07) is 1.58. The molecule has 4 saturated heterocycles. The summed E-state index contributed by atoms with van der Waals surface area (Å²) in [5.41, 5.74) is 0. The van der Waals surface area contributed by atoms with Gasteiger partial charge in [-0.05, 0) is 50.5 Å². The highest BCUT2D eigenvalue weighted by molar-refractivity contribution is 5.01. The Labute approximate surface area is 110 Å². The first-order chi connectivity index (χ1) is 8.81. The summed E-state index contributed by atoms with van der Waals surface area (Å²) in [6.07, 6.45) is 7.76. The third-order valence-corrected chi connectivity index (χ3v) is 6.03. The van der Waals surface area contributed by atoms with Crippen molar-refractivity contribution in [3.8, 4) is 0 Å². The minimum atomic E-state index is -0.0260. The fraction of sp³-hybridized carbons (Fsp3) is 1.00. The molecule has 1 N–H and O–H groups in total. The van der Waals surface area contributed by atoms with Crippen molar-refractivity contribution in [2.24, 2.45) is 11.8 Å². The zero-order valence-electron chi connectivity index (χ0n) is 11.3. The van der Waals surface area contributed by atoms with E-state index < -0.39 is 0 Å². The molecule has 3 nitrogen and oxygen atoms in total. The van der Waals surface area contributed by atoms with E-state index in [1.165, 1.54) is 45.3 Å². The van der Waals surface area contributed by atoms with Gasteiger partial charge in [-0.15, -0.1) is 0 Å². The van der Waals surface area contributed by atoms with Crippen LogP contribution in [0, 0.1) is 11.8 Å². The molecule has 4 fully saturated rings. The molecular weight excluding hydrogens is 224 g/mol. The summed E-state index contributed by atoms with van der Waals surface area (Å²) in [7, 11) is 0. The Balaban J connectivity index is 1.55. The van der Waals surface area contributed by atoms with E-state index in [4.69, 9.17) is 0 Å². The molecule has 2 unspecified atom stereocenters. The van der Waals surface area contributed by atoms with Crippen LogP contribution in [0.5, 0.6) is 0 Å². The molecule has 4 heterocycles. The molecule has 2 bridgehead atoms. The molecule has 0 saturated carbocycles.